The van der Waals surface area contributed by atoms with Gasteiger partial charge in [-0.05, 0) is 133 Å². The van der Waals surface area contributed by atoms with Gasteiger partial charge in [-0.1, -0.05) is 209 Å². The summed E-state index contributed by atoms with van der Waals surface area (Å²) < 4.78 is 0. The van der Waals surface area contributed by atoms with Crippen LogP contribution in [-0.2, 0) is 38.5 Å². The molecule has 0 amide bonds. The van der Waals surface area contributed by atoms with Gasteiger partial charge in [0.25, 0.3) is 0 Å². The number of nitrogen functional groups attached to an aromatic ring is 2. The molecule has 2 heteroatoms. The van der Waals surface area contributed by atoms with E-state index < -0.39 is 0 Å². The summed E-state index contributed by atoms with van der Waals surface area (Å²) in [6, 6.07) is 31.5. The minimum absolute atomic E-state index is 0.845. The first-order chi connectivity index (χ1) is 29.0. The Labute approximate surface area is 363 Å². The first-order valence-electron chi connectivity index (χ1n) is 24.9. The lowest BCUT2D eigenvalue weighted by Crippen LogP contribution is -1.99. The third-order valence-electron chi connectivity index (χ3n) is 12.8. The highest BCUT2D eigenvalue weighted by Crippen LogP contribution is 2.24. The number of hydrogen-bond acceptors (Lipinski definition) is 2. The van der Waals surface area contributed by atoms with Crippen molar-refractivity contribution in [1.29, 1.82) is 0 Å². The van der Waals surface area contributed by atoms with E-state index in [1.807, 2.05) is 24.3 Å². The van der Waals surface area contributed by atoms with Gasteiger partial charge in [-0.15, -0.1) is 0 Å². The van der Waals surface area contributed by atoms with Crippen molar-refractivity contribution in [1.82, 2.24) is 0 Å². The zero-order valence-corrected chi connectivity index (χ0v) is 38.2. The third kappa shape index (κ3) is 21.0. The maximum Gasteiger partial charge on any atom is 0.0314 e. The fraction of sp³-hybridized carbons (Fsp3) is 0.579. The summed E-state index contributed by atoms with van der Waals surface area (Å²) in [7, 11) is 0. The van der Waals surface area contributed by atoms with Crippen molar-refractivity contribution >= 4 is 11.4 Å². The van der Waals surface area contributed by atoms with Crippen molar-refractivity contribution in [2.75, 3.05) is 11.5 Å². The lowest BCUT2D eigenvalue weighted by atomic mass is 9.93. The average Bonchev–Trinajstić information content (AvgIpc) is 3.24. The highest BCUT2D eigenvalue weighted by molar-refractivity contribution is 5.43. The van der Waals surface area contributed by atoms with Gasteiger partial charge in [0.15, 0.2) is 0 Å². The van der Waals surface area contributed by atoms with Crippen molar-refractivity contribution in [3.63, 3.8) is 0 Å². The minimum Gasteiger partial charge on any atom is -0.399 e. The molecule has 0 aliphatic heterocycles. The van der Waals surface area contributed by atoms with E-state index >= 15 is 0 Å². The molecular weight excluding hydrogens is 713 g/mol. The molecule has 2 nitrogen and oxygen atoms in total. The highest BCUT2D eigenvalue weighted by Gasteiger charge is 2.08. The van der Waals surface area contributed by atoms with Gasteiger partial charge in [0, 0.05) is 11.4 Å². The topological polar surface area (TPSA) is 52.0 Å². The van der Waals surface area contributed by atoms with Crippen molar-refractivity contribution in [3.05, 3.63) is 129 Å². The molecule has 0 atom stereocenters. The first kappa shape index (κ1) is 48.1. The molecule has 0 bridgehead atoms. The van der Waals surface area contributed by atoms with Crippen LogP contribution >= 0.6 is 0 Å². The zero-order chi connectivity index (χ0) is 41.6. The van der Waals surface area contributed by atoms with Gasteiger partial charge < -0.3 is 11.5 Å². The van der Waals surface area contributed by atoms with Crippen LogP contribution in [0.25, 0.3) is 0 Å². The van der Waals surface area contributed by atoms with Crippen molar-refractivity contribution in [2.24, 2.45) is 0 Å². The Morgan fingerprint density at radius 3 is 0.831 bits per heavy atom. The van der Waals surface area contributed by atoms with E-state index in [4.69, 9.17) is 11.5 Å². The molecule has 59 heavy (non-hydrogen) atoms. The molecule has 0 aliphatic rings. The number of anilines is 2. The Hall–Kier alpha value is -3.52. The average molecular weight is 799 g/mol. The number of hydrogen-bond donors (Lipinski definition) is 2. The van der Waals surface area contributed by atoms with Crippen LogP contribution in [-0.4, -0.2) is 0 Å². The predicted molar refractivity (Wildman–Crippen MR) is 262 cm³/mol. The molecule has 4 N–H and O–H groups in total. The second-order valence-electron chi connectivity index (χ2n) is 18.2. The van der Waals surface area contributed by atoms with Gasteiger partial charge >= 0.3 is 0 Å². The van der Waals surface area contributed by atoms with E-state index in [-0.39, 0.29) is 0 Å². The Morgan fingerprint density at radius 1 is 0.271 bits per heavy atom. The SMILES string of the molecule is CCCCCCc1cc(Cc2ccc(N)cc2)ccc1CCCCCCCCCCCCCCCCCCCc1ccc(Cc2ccc(N)cc2)cc1CCCCCC. The highest BCUT2D eigenvalue weighted by atomic mass is 14.5. The summed E-state index contributed by atoms with van der Waals surface area (Å²) in [6.07, 6.45) is 41.6. The summed E-state index contributed by atoms with van der Waals surface area (Å²) >= 11 is 0. The Kier molecular flexibility index (Phi) is 24.9. The number of unbranched alkanes of at least 4 members (excludes halogenated alkanes) is 22. The van der Waals surface area contributed by atoms with Crippen LogP contribution in [0.4, 0.5) is 11.4 Å². The molecule has 0 aromatic heterocycles. The summed E-state index contributed by atoms with van der Waals surface area (Å²) in [4.78, 5) is 0. The van der Waals surface area contributed by atoms with E-state index in [2.05, 4.69) is 74.5 Å². The lowest BCUT2D eigenvalue weighted by molar-refractivity contribution is 0.525. The molecule has 0 aliphatic carbocycles. The minimum atomic E-state index is 0.845. The van der Waals surface area contributed by atoms with Crippen LogP contribution in [0.3, 0.4) is 0 Å². The van der Waals surface area contributed by atoms with Crippen LogP contribution in [0.1, 0.15) is 219 Å². The third-order valence-corrected chi connectivity index (χ3v) is 12.8. The fourth-order valence-electron chi connectivity index (χ4n) is 9.04. The first-order valence-corrected chi connectivity index (χ1v) is 24.9. The molecular formula is C57H86N2. The molecule has 0 heterocycles. The monoisotopic (exact) mass is 799 g/mol. The molecule has 0 saturated carbocycles. The van der Waals surface area contributed by atoms with Gasteiger partial charge in [0.1, 0.15) is 0 Å². The maximum absolute atomic E-state index is 5.92. The fourth-order valence-corrected chi connectivity index (χ4v) is 9.04. The van der Waals surface area contributed by atoms with E-state index in [9.17, 15) is 0 Å². The zero-order valence-electron chi connectivity index (χ0n) is 38.2. The molecule has 0 unspecified atom stereocenters. The lowest BCUT2D eigenvalue weighted by Gasteiger charge is -2.13. The predicted octanol–water partition coefficient (Wildman–Crippen LogP) is 16.7. The van der Waals surface area contributed by atoms with E-state index in [0.29, 0.717) is 0 Å². The van der Waals surface area contributed by atoms with Gasteiger partial charge in [0.2, 0.25) is 0 Å². The second-order valence-corrected chi connectivity index (χ2v) is 18.2. The summed E-state index contributed by atoms with van der Waals surface area (Å²) in [5, 5.41) is 0. The van der Waals surface area contributed by atoms with Crippen LogP contribution in [0.2, 0.25) is 0 Å². The van der Waals surface area contributed by atoms with Crippen molar-refractivity contribution < 1.29 is 0 Å². The van der Waals surface area contributed by atoms with Crippen LogP contribution < -0.4 is 11.5 Å². The van der Waals surface area contributed by atoms with Crippen LogP contribution in [0, 0.1) is 0 Å². The largest absolute Gasteiger partial charge is 0.399 e. The molecule has 4 aromatic rings. The molecule has 0 saturated heterocycles. The standard InChI is InChI=1S/C57H86N2/c1-3-5-7-24-30-54-46-50(44-48-34-40-56(58)41-35-48)32-38-52(54)28-26-22-20-18-16-14-12-10-9-11-13-15-17-19-21-23-27-29-53-39-33-51(45-49-36-42-57(59)43-37-49)47-55(53)31-25-8-6-4-2/h32-43,46-47H,3-31,44-45,58-59H2,1-2H3. The smallest absolute Gasteiger partial charge is 0.0314 e. The Balaban J connectivity index is 0.978. The number of rotatable bonds is 34. The van der Waals surface area contributed by atoms with Gasteiger partial charge in [0.05, 0.1) is 0 Å². The van der Waals surface area contributed by atoms with E-state index in [1.165, 1.54) is 208 Å². The second kappa shape index (κ2) is 30.5. The van der Waals surface area contributed by atoms with E-state index in [0.717, 1.165) is 24.2 Å². The van der Waals surface area contributed by atoms with Crippen molar-refractivity contribution in [2.45, 2.75) is 213 Å². The Bertz CT molecular complexity index is 1510. The van der Waals surface area contributed by atoms with Gasteiger partial charge in [-0.3, -0.25) is 0 Å². The number of benzene rings is 4. The maximum atomic E-state index is 5.92. The summed E-state index contributed by atoms with van der Waals surface area (Å²) in [6.45, 7) is 4.61. The summed E-state index contributed by atoms with van der Waals surface area (Å²) in [5.74, 6) is 0. The molecule has 4 aromatic carbocycles. The van der Waals surface area contributed by atoms with Crippen LogP contribution in [0.15, 0.2) is 84.9 Å². The van der Waals surface area contributed by atoms with Crippen molar-refractivity contribution in [3.8, 4) is 0 Å². The Morgan fingerprint density at radius 2 is 0.525 bits per heavy atom. The quantitative estimate of drug-likeness (QED) is 0.0365. The molecule has 4 rings (SSSR count). The van der Waals surface area contributed by atoms with E-state index in [1.54, 1.807) is 22.3 Å². The molecule has 0 fully saturated rings. The van der Waals surface area contributed by atoms with Gasteiger partial charge in [-0.2, -0.15) is 0 Å². The normalized spacial score (nSPS) is 11.4. The van der Waals surface area contributed by atoms with Gasteiger partial charge in [-0.25, -0.2) is 0 Å². The van der Waals surface area contributed by atoms with Crippen LogP contribution in [0.5, 0.6) is 0 Å². The molecule has 0 spiro atoms. The summed E-state index contributed by atoms with van der Waals surface area (Å²) in [5.41, 5.74) is 25.5. The molecule has 0 radical (unpaired) electrons. The number of nitrogens with two attached hydrogens (primary N) is 2. The molecule has 324 valence electrons. The number of aryl methyl sites for hydroxylation is 4.